The summed E-state index contributed by atoms with van der Waals surface area (Å²) < 4.78 is 32.8. The van der Waals surface area contributed by atoms with Crippen molar-refractivity contribution in [1.82, 2.24) is 10.2 Å². The Morgan fingerprint density at radius 2 is 2.04 bits per heavy atom. The van der Waals surface area contributed by atoms with E-state index in [1.165, 1.54) is 6.07 Å². The summed E-state index contributed by atoms with van der Waals surface area (Å²) in [4.78, 5) is 14.0. The summed E-state index contributed by atoms with van der Waals surface area (Å²) >= 11 is 0. The van der Waals surface area contributed by atoms with Crippen LogP contribution in [0.15, 0.2) is 12.1 Å². The zero-order chi connectivity index (χ0) is 17.0. The van der Waals surface area contributed by atoms with Crippen molar-refractivity contribution in [3.63, 3.8) is 0 Å². The highest BCUT2D eigenvalue weighted by molar-refractivity contribution is 5.89. The second-order valence-electron chi connectivity index (χ2n) is 5.96. The molecule has 1 fully saturated rings. The van der Waals surface area contributed by atoms with Crippen LogP contribution in [0, 0.1) is 17.6 Å². The number of hydrogen-bond acceptors (Lipinski definition) is 3. The SMILES string of the molecule is CCOc1ccc(F)c(NC(=O)NCC2CC(N(C)C)C2)c1F. The van der Waals surface area contributed by atoms with E-state index in [0.717, 1.165) is 18.9 Å². The van der Waals surface area contributed by atoms with Gasteiger partial charge in [0.05, 0.1) is 6.61 Å². The third-order valence-corrected chi connectivity index (χ3v) is 4.09. The lowest BCUT2D eigenvalue weighted by molar-refractivity contribution is 0.124. The van der Waals surface area contributed by atoms with E-state index in [-0.39, 0.29) is 12.4 Å². The molecule has 1 saturated carbocycles. The molecule has 1 aliphatic carbocycles. The maximum atomic E-state index is 14.1. The summed E-state index contributed by atoms with van der Waals surface area (Å²) in [6.45, 7) is 2.44. The van der Waals surface area contributed by atoms with Crippen LogP contribution in [-0.4, -0.2) is 44.2 Å². The largest absolute Gasteiger partial charge is 0.491 e. The monoisotopic (exact) mass is 327 g/mol. The summed E-state index contributed by atoms with van der Waals surface area (Å²) in [5, 5.41) is 4.88. The van der Waals surface area contributed by atoms with E-state index < -0.39 is 23.4 Å². The van der Waals surface area contributed by atoms with Gasteiger partial charge in [-0.2, -0.15) is 0 Å². The molecule has 1 aromatic carbocycles. The summed E-state index contributed by atoms with van der Waals surface area (Å²) in [7, 11) is 4.05. The first-order valence-electron chi connectivity index (χ1n) is 7.74. The van der Waals surface area contributed by atoms with E-state index in [1.807, 2.05) is 14.1 Å². The molecule has 2 rings (SSSR count). The number of benzene rings is 1. The fourth-order valence-corrected chi connectivity index (χ4v) is 2.60. The highest BCUT2D eigenvalue weighted by atomic mass is 19.1. The Kier molecular flexibility index (Phi) is 5.76. The molecule has 0 radical (unpaired) electrons. The lowest BCUT2D eigenvalue weighted by Crippen LogP contribution is -2.45. The number of urea groups is 1. The highest BCUT2D eigenvalue weighted by Gasteiger charge is 2.30. The van der Waals surface area contributed by atoms with Crippen LogP contribution in [0.5, 0.6) is 5.75 Å². The molecule has 23 heavy (non-hydrogen) atoms. The van der Waals surface area contributed by atoms with Crippen LogP contribution in [0.1, 0.15) is 19.8 Å². The Morgan fingerprint density at radius 3 is 2.65 bits per heavy atom. The van der Waals surface area contributed by atoms with Crippen molar-refractivity contribution in [2.45, 2.75) is 25.8 Å². The molecular formula is C16H23F2N3O2. The number of nitrogens with one attached hydrogen (secondary N) is 2. The van der Waals surface area contributed by atoms with Gasteiger partial charge in [0.1, 0.15) is 11.5 Å². The lowest BCUT2D eigenvalue weighted by Gasteiger charge is -2.39. The van der Waals surface area contributed by atoms with Crippen molar-refractivity contribution in [3.05, 3.63) is 23.8 Å². The summed E-state index contributed by atoms with van der Waals surface area (Å²) in [5.41, 5.74) is -0.492. The van der Waals surface area contributed by atoms with E-state index in [1.54, 1.807) is 6.92 Å². The first-order chi connectivity index (χ1) is 10.9. The molecule has 128 valence electrons. The van der Waals surface area contributed by atoms with E-state index in [4.69, 9.17) is 4.74 Å². The van der Waals surface area contributed by atoms with Crippen molar-refractivity contribution < 1.29 is 18.3 Å². The maximum absolute atomic E-state index is 14.1. The number of carbonyl (C=O) groups excluding carboxylic acids is 1. The molecule has 0 unspecified atom stereocenters. The average molecular weight is 327 g/mol. The van der Waals surface area contributed by atoms with Crippen LogP contribution < -0.4 is 15.4 Å². The summed E-state index contributed by atoms with van der Waals surface area (Å²) in [6.07, 6.45) is 2.02. The molecule has 1 aliphatic rings. The highest BCUT2D eigenvalue weighted by Crippen LogP contribution is 2.30. The minimum atomic E-state index is -0.904. The van der Waals surface area contributed by atoms with Gasteiger partial charge in [0.2, 0.25) is 0 Å². The topological polar surface area (TPSA) is 53.6 Å². The van der Waals surface area contributed by atoms with Crippen molar-refractivity contribution in [1.29, 1.82) is 0 Å². The van der Waals surface area contributed by atoms with Crippen molar-refractivity contribution in [2.24, 2.45) is 5.92 Å². The fraction of sp³-hybridized carbons (Fsp3) is 0.562. The number of rotatable bonds is 6. The van der Waals surface area contributed by atoms with Gasteiger partial charge in [-0.25, -0.2) is 13.6 Å². The summed E-state index contributed by atoms with van der Waals surface area (Å²) in [6, 6.07) is 2.19. The van der Waals surface area contributed by atoms with Gasteiger partial charge >= 0.3 is 6.03 Å². The van der Waals surface area contributed by atoms with Gasteiger partial charge in [0.25, 0.3) is 0 Å². The standard InChI is InChI=1S/C16H23F2N3O2/c1-4-23-13-6-5-12(17)15(14(13)18)20-16(22)19-9-10-7-11(8-10)21(2)3/h5-6,10-11H,4,7-9H2,1-3H3,(H2,19,20,22). The zero-order valence-corrected chi connectivity index (χ0v) is 13.7. The van der Waals surface area contributed by atoms with Crippen molar-refractivity contribution >= 4 is 11.7 Å². The molecule has 0 saturated heterocycles. The minimum Gasteiger partial charge on any atom is -0.491 e. The molecule has 2 N–H and O–H groups in total. The van der Waals surface area contributed by atoms with Crippen LogP contribution in [0.2, 0.25) is 0 Å². The van der Waals surface area contributed by atoms with Crippen molar-refractivity contribution in [3.8, 4) is 5.75 Å². The van der Waals surface area contributed by atoms with Crippen LogP contribution in [-0.2, 0) is 0 Å². The number of anilines is 1. The first kappa shape index (κ1) is 17.5. The van der Waals surface area contributed by atoms with Gasteiger partial charge in [-0.1, -0.05) is 0 Å². The van der Waals surface area contributed by atoms with Gasteiger partial charge in [-0.05, 0) is 51.9 Å². The molecule has 5 nitrogen and oxygen atoms in total. The smallest absolute Gasteiger partial charge is 0.319 e. The summed E-state index contributed by atoms with van der Waals surface area (Å²) in [5.74, 6) is -1.43. The zero-order valence-electron chi connectivity index (χ0n) is 13.7. The number of ether oxygens (including phenoxy) is 1. The fourth-order valence-electron chi connectivity index (χ4n) is 2.60. The lowest BCUT2D eigenvalue weighted by atomic mass is 9.79. The van der Waals surface area contributed by atoms with E-state index in [0.29, 0.717) is 18.5 Å². The first-order valence-corrected chi connectivity index (χ1v) is 7.74. The third-order valence-electron chi connectivity index (χ3n) is 4.09. The molecule has 0 aromatic heterocycles. The number of hydrogen-bond donors (Lipinski definition) is 2. The molecule has 0 spiro atoms. The van der Waals surface area contributed by atoms with Crippen LogP contribution in [0.3, 0.4) is 0 Å². The normalized spacial score (nSPS) is 20.1. The molecule has 0 bridgehead atoms. The Morgan fingerprint density at radius 1 is 1.35 bits per heavy atom. The van der Waals surface area contributed by atoms with Crippen molar-refractivity contribution in [2.75, 3.05) is 32.6 Å². The molecule has 0 heterocycles. The third kappa shape index (κ3) is 4.31. The Hall–Kier alpha value is -1.89. The predicted octanol–water partition coefficient (Wildman–Crippen LogP) is 2.83. The predicted molar refractivity (Wildman–Crippen MR) is 84.7 cm³/mol. The van der Waals surface area contributed by atoms with Crippen LogP contribution in [0.4, 0.5) is 19.3 Å². The second-order valence-corrected chi connectivity index (χ2v) is 5.96. The average Bonchev–Trinajstić information content (AvgIpc) is 2.44. The molecular weight excluding hydrogens is 304 g/mol. The number of amides is 2. The quantitative estimate of drug-likeness (QED) is 0.845. The van der Waals surface area contributed by atoms with Gasteiger partial charge in [-0.15, -0.1) is 0 Å². The molecule has 2 amide bonds. The minimum absolute atomic E-state index is 0.0861. The number of carbonyl (C=O) groups is 1. The second kappa shape index (κ2) is 7.59. The van der Waals surface area contributed by atoms with Gasteiger partial charge in [-0.3, -0.25) is 0 Å². The Bertz CT molecular complexity index is 561. The van der Waals surface area contributed by atoms with Crippen LogP contribution in [0.25, 0.3) is 0 Å². The maximum Gasteiger partial charge on any atom is 0.319 e. The van der Waals surface area contributed by atoms with E-state index in [9.17, 15) is 13.6 Å². The molecule has 7 heteroatoms. The molecule has 0 aliphatic heterocycles. The van der Waals surface area contributed by atoms with E-state index >= 15 is 0 Å². The Labute approximate surface area is 135 Å². The molecule has 0 atom stereocenters. The van der Waals surface area contributed by atoms with Gasteiger partial charge < -0.3 is 20.3 Å². The van der Waals surface area contributed by atoms with Gasteiger partial charge in [0.15, 0.2) is 11.6 Å². The number of nitrogens with zero attached hydrogens (tertiary/aromatic N) is 1. The van der Waals surface area contributed by atoms with Gasteiger partial charge in [0, 0.05) is 12.6 Å². The Balaban J connectivity index is 1.87. The van der Waals surface area contributed by atoms with E-state index in [2.05, 4.69) is 15.5 Å². The number of halogens is 2. The van der Waals surface area contributed by atoms with Crippen LogP contribution >= 0.6 is 0 Å². The molecule has 1 aromatic rings.